The molecule has 0 radical (unpaired) electrons. The molecule has 1 saturated heterocycles. The Morgan fingerprint density at radius 1 is 1.25 bits per heavy atom. The van der Waals surface area contributed by atoms with E-state index in [4.69, 9.17) is 4.74 Å². The predicted molar refractivity (Wildman–Crippen MR) is 99.7 cm³/mol. The topological polar surface area (TPSA) is 36.9 Å². The monoisotopic (exact) mass is 329 g/mol. The van der Waals surface area contributed by atoms with Gasteiger partial charge in [-0.2, -0.15) is 0 Å². The third-order valence-corrected chi connectivity index (χ3v) is 5.39. The molecule has 1 aliphatic carbocycles. The van der Waals surface area contributed by atoms with Crippen molar-refractivity contribution in [1.29, 1.82) is 0 Å². The first kappa shape index (κ1) is 17.1. The smallest absolute Gasteiger partial charge is 0.193 e. The number of guanidine groups is 1. The van der Waals surface area contributed by atoms with Crippen LogP contribution in [0.5, 0.6) is 5.75 Å². The minimum Gasteiger partial charge on any atom is -0.494 e. The molecule has 2 fully saturated rings. The molecule has 1 aromatic rings. The number of rotatable bonds is 5. The number of nitrogens with one attached hydrogen (secondary N) is 1. The van der Waals surface area contributed by atoms with Gasteiger partial charge in [-0.3, -0.25) is 4.99 Å². The van der Waals surface area contributed by atoms with Crippen LogP contribution in [0.4, 0.5) is 0 Å². The van der Waals surface area contributed by atoms with Crippen molar-refractivity contribution in [2.45, 2.75) is 39.0 Å². The highest BCUT2D eigenvalue weighted by atomic mass is 16.5. The number of hydrogen-bond acceptors (Lipinski definition) is 2. The summed E-state index contributed by atoms with van der Waals surface area (Å²) in [5.74, 6) is 3.81. The Balaban J connectivity index is 1.49. The SMILES string of the molecule is CCOc1cccc(CCNC(=NC)N2CC3CCCCC3C2)c1. The molecule has 2 unspecified atom stereocenters. The van der Waals surface area contributed by atoms with Crippen LogP contribution in [0.3, 0.4) is 0 Å². The van der Waals surface area contributed by atoms with Crippen molar-refractivity contribution in [2.75, 3.05) is 33.3 Å². The normalized spacial score (nSPS) is 23.9. The zero-order chi connectivity index (χ0) is 16.8. The van der Waals surface area contributed by atoms with Gasteiger partial charge in [0.25, 0.3) is 0 Å². The first-order chi connectivity index (χ1) is 11.8. The van der Waals surface area contributed by atoms with Crippen LogP contribution in [0.15, 0.2) is 29.3 Å². The molecular weight excluding hydrogens is 298 g/mol. The van der Waals surface area contributed by atoms with Crippen LogP contribution < -0.4 is 10.1 Å². The number of fused-ring (bicyclic) bond motifs is 1. The Labute approximate surface area is 146 Å². The second kappa shape index (κ2) is 8.41. The Kier molecular flexibility index (Phi) is 6.00. The van der Waals surface area contributed by atoms with Crippen molar-refractivity contribution in [3.8, 4) is 5.75 Å². The fourth-order valence-electron chi connectivity index (χ4n) is 4.19. The summed E-state index contributed by atoms with van der Waals surface area (Å²) < 4.78 is 5.58. The molecule has 2 atom stereocenters. The summed E-state index contributed by atoms with van der Waals surface area (Å²) in [5, 5.41) is 3.56. The van der Waals surface area contributed by atoms with Crippen LogP contribution in [-0.4, -0.2) is 44.1 Å². The summed E-state index contributed by atoms with van der Waals surface area (Å²) in [6, 6.07) is 8.39. The zero-order valence-electron chi connectivity index (χ0n) is 15.1. The van der Waals surface area contributed by atoms with Crippen LogP contribution in [0.1, 0.15) is 38.2 Å². The molecule has 132 valence electrons. The van der Waals surface area contributed by atoms with Gasteiger partial charge in [0.15, 0.2) is 5.96 Å². The number of hydrogen-bond donors (Lipinski definition) is 1. The maximum Gasteiger partial charge on any atom is 0.193 e. The Morgan fingerprint density at radius 2 is 2.00 bits per heavy atom. The van der Waals surface area contributed by atoms with E-state index in [1.54, 1.807) is 0 Å². The van der Waals surface area contributed by atoms with Gasteiger partial charge in [0, 0.05) is 26.7 Å². The molecule has 4 heteroatoms. The fraction of sp³-hybridized carbons (Fsp3) is 0.650. The van der Waals surface area contributed by atoms with E-state index in [1.807, 2.05) is 20.0 Å². The highest BCUT2D eigenvalue weighted by molar-refractivity contribution is 5.80. The molecule has 24 heavy (non-hydrogen) atoms. The maximum absolute atomic E-state index is 5.58. The number of benzene rings is 1. The minimum atomic E-state index is 0.714. The Bertz CT molecular complexity index is 544. The minimum absolute atomic E-state index is 0.714. The molecule has 1 aromatic carbocycles. The summed E-state index contributed by atoms with van der Waals surface area (Å²) in [6.07, 6.45) is 6.62. The molecule has 2 aliphatic rings. The van der Waals surface area contributed by atoms with E-state index in [0.717, 1.165) is 36.5 Å². The largest absolute Gasteiger partial charge is 0.494 e. The Hall–Kier alpha value is -1.71. The number of aliphatic imine (C=N–C) groups is 1. The van der Waals surface area contributed by atoms with E-state index in [0.29, 0.717) is 6.61 Å². The quantitative estimate of drug-likeness (QED) is 0.665. The number of nitrogens with zero attached hydrogens (tertiary/aromatic N) is 2. The lowest BCUT2D eigenvalue weighted by molar-refractivity contribution is 0.299. The van der Waals surface area contributed by atoms with Crippen LogP contribution in [0.25, 0.3) is 0 Å². The summed E-state index contributed by atoms with van der Waals surface area (Å²) >= 11 is 0. The van der Waals surface area contributed by atoms with E-state index in [1.165, 1.54) is 44.3 Å². The molecule has 1 aliphatic heterocycles. The first-order valence-corrected chi connectivity index (χ1v) is 9.47. The molecular formula is C20H31N3O. The van der Waals surface area contributed by atoms with Crippen molar-refractivity contribution in [2.24, 2.45) is 16.8 Å². The molecule has 1 heterocycles. The van der Waals surface area contributed by atoms with Gasteiger partial charge in [-0.1, -0.05) is 25.0 Å². The highest BCUT2D eigenvalue weighted by Crippen LogP contribution is 2.35. The van der Waals surface area contributed by atoms with Crippen LogP contribution in [0.2, 0.25) is 0 Å². The molecule has 0 amide bonds. The van der Waals surface area contributed by atoms with Crippen LogP contribution in [0, 0.1) is 11.8 Å². The second-order valence-electron chi connectivity index (χ2n) is 7.01. The molecule has 1 N–H and O–H groups in total. The van der Waals surface area contributed by atoms with Crippen molar-refractivity contribution in [1.82, 2.24) is 10.2 Å². The highest BCUT2D eigenvalue weighted by Gasteiger charge is 2.35. The van der Waals surface area contributed by atoms with E-state index in [2.05, 4.69) is 33.4 Å². The van der Waals surface area contributed by atoms with Gasteiger partial charge in [0.1, 0.15) is 5.75 Å². The van der Waals surface area contributed by atoms with E-state index in [-0.39, 0.29) is 0 Å². The van der Waals surface area contributed by atoms with Gasteiger partial charge >= 0.3 is 0 Å². The van der Waals surface area contributed by atoms with Gasteiger partial charge in [-0.05, 0) is 55.7 Å². The molecule has 3 rings (SSSR count). The summed E-state index contributed by atoms with van der Waals surface area (Å²) in [6.45, 7) is 6.01. The van der Waals surface area contributed by atoms with E-state index in [9.17, 15) is 0 Å². The third-order valence-electron chi connectivity index (χ3n) is 5.39. The lowest BCUT2D eigenvalue weighted by atomic mass is 9.82. The second-order valence-corrected chi connectivity index (χ2v) is 7.01. The first-order valence-electron chi connectivity index (χ1n) is 9.47. The van der Waals surface area contributed by atoms with Gasteiger partial charge in [-0.15, -0.1) is 0 Å². The summed E-state index contributed by atoms with van der Waals surface area (Å²) in [5.41, 5.74) is 1.30. The molecule has 0 spiro atoms. The average molecular weight is 329 g/mol. The summed E-state index contributed by atoms with van der Waals surface area (Å²) in [4.78, 5) is 6.98. The van der Waals surface area contributed by atoms with Gasteiger partial charge in [0.05, 0.1) is 6.61 Å². The van der Waals surface area contributed by atoms with Gasteiger partial charge < -0.3 is 15.0 Å². The number of ether oxygens (including phenoxy) is 1. The lowest BCUT2D eigenvalue weighted by Gasteiger charge is -2.22. The zero-order valence-corrected chi connectivity index (χ0v) is 15.1. The molecule has 0 aromatic heterocycles. The van der Waals surface area contributed by atoms with Crippen molar-refractivity contribution in [3.63, 3.8) is 0 Å². The summed E-state index contributed by atoms with van der Waals surface area (Å²) in [7, 11) is 1.90. The number of likely N-dealkylation sites (tertiary alicyclic amines) is 1. The fourth-order valence-corrected chi connectivity index (χ4v) is 4.19. The molecule has 4 nitrogen and oxygen atoms in total. The van der Waals surface area contributed by atoms with Gasteiger partial charge in [0.2, 0.25) is 0 Å². The van der Waals surface area contributed by atoms with Crippen molar-refractivity contribution in [3.05, 3.63) is 29.8 Å². The van der Waals surface area contributed by atoms with Crippen molar-refractivity contribution >= 4 is 5.96 Å². The third kappa shape index (κ3) is 4.22. The molecule has 1 saturated carbocycles. The van der Waals surface area contributed by atoms with E-state index >= 15 is 0 Å². The predicted octanol–water partition coefficient (Wildman–Crippen LogP) is 3.33. The van der Waals surface area contributed by atoms with Gasteiger partial charge in [-0.25, -0.2) is 0 Å². The lowest BCUT2D eigenvalue weighted by Crippen LogP contribution is -2.41. The van der Waals surface area contributed by atoms with Crippen molar-refractivity contribution < 1.29 is 4.74 Å². The maximum atomic E-state index is 5.58. The Morgan fingerprint density at radius 3 is 2.67 bits per heavy atom. The average Bonchev–Trinajstić information content (AvgIpc) is 3.03. The van der Waals surface area contributed by atoms with Crippen LogP contribution in [-0.2, 0) is 6.42 Å². The van der Waals surface area contributed by atoms with Crippen LogP contribution >= 0.6 is 0 Å². The van der Waals surface area contributed by atoms with E-state index < -0.39 is 0 Å². The molecule has 0 bridgehead atoms. The standard InChI is InChI=1S/C20H31N3O/c1-3-24-19-10-6-7-16(13-19)11-12-22-20(21-2)23-14-17-8-4-5-9-18(17)15-23/h6-7,10,13,17-18H,3-5,8-9,11-12,14-15H2,1-2H3,(H,21,22).